The third-order valence-electron chi connectivity index (χ3n) is 2.10. The molecule has 0 bridgehead atoms. The van der Waals surface area contributed by atoms with Gasteiger partial charge in [-0.25, -0.2) is 4.79 Å². The van der Waals surface area contributed by atoms with Gasteiger partial charge in [0.2, 0.25) is 0 Å². The average Bonchev–Trinajstić information content (AvgIpc) is 2.11. The lowest BCUT2D eigenvalue weighted by Gasteiger charge is -2.15. The van der Waals surface area contributed by atoms with Crippen LogP contribution in [-0.2, 0) is 4.79 Å². The lowest BCUT2D eigenvalue weighted by Crippen LogP contribution is -2.43. The van der Waals surface area contributed by atoms with Gasteiger partial charge in [-0.15, -0.1) is 0 Å². The number of carboxylic acids is 1. The van der Waals surface area contributed by atoms with E-state index in [-0.39, 0.29) is 0 Å². The van der Waals surface area contributed by atoms with Gasteiger partial charge in [-0.3, -0.25) is 4.99 Å². The predicted molar refractivity (Wildman–Crippen MR) is 65.4 cm³/mol. The molecule has 1 unspecified atom stereocenters. The zero-order valence-electron chi connectivity index (χ0n) is 10.2. The molecule has 0 aliphatic carbocycles. The molecule has 5 heteroatoms. The summed E-state index contributed by atoms with van der Waals surface area (Å²) < 4.78 is 0. The van der Waals surface area contributed by atoms with Gasteiger partial charge in [0.15, 0.2) is 0 Å². The average molecular weight is 227 g/mol. The first-order valence-corrected chi connectivity index (χ1v) is 5.23. The number of carboxylic acid groups (broad SMARTS) is 1. The highest BCUT2D eigenvalue weighted by molar-refractivity contribution is 5.80. The van der Waals surface area contributed by atoms with Crippen LogP contribution >= 0.6 is 0 Å². The molecule has 5 N–H and O–H groups in total. The van der Waals surface area contributed by atoms with Gasteiger partial charge in [0.05, 0.1) is 5.84 Å². The SMILES string of the molecule is CC(=CC(C)(N)C(=O)O)CCCN=C(C)N. The van der Waals surface area contributed by atoms with Crippen molar-refractivity contribution in [3.63, 3.8) is 0 Å². The van der Waals surface area contributed by atoms with Crippen LogP contribution in [0.2, 0.25) is 0 Å². The molecule has 0 heterocycles. The number of nitrogens with two attached hydrogens (primary N) is 2. The van der Waals surface area contributed by atoms with Crippen LogP contribution in [0.5, 0.6) is 0 Å². The van der Waals surface area contributed by atoms with Gasteiger partial charge in [0, 0.05) is 6.54 Å². The van der Waals surface area contributed by atoms with Crippen molar-refractivity contribution in [3.05, 3.63) is 11.6 Å². The molecule has 0 saturated carbocycles. The molecule has 0 fully saturated rings. The van der Waals surface area contributed by atoms with Crippen LogP contribution in [0.1, 0.15) is 33.6 Å². The summed E-state index contributed by atoms with van der Waals surface area (Å²) in [7, 11) is 0. The molecule has 0 rings (SSSR count). The fraction of sp³-hybridized carbons (Fsp3) is 0.636. The zero-order valence-corrected chi connectivity index (χ0v) is 10.2. The van der Waals surface area contributed by atoms with Gasteiger partial charge in [0.1, 0.15) is 5.54 Å². The summed E-state index contributed by atoms with van der Waals surface area (Å²) in [6, 6.07) is 0. The van der Waals surface area contributed by atoms with Crippen molar-refractivity contribution in [3.8, 4) is 0 Å². The number of hydrogen-bond acceptors (Lipinski definition) is 3. The Bertz CT molecular complexity index is 302. The summed E-state index contributed by atoms with van der Waals surface area (Å²) in [4.78, 5) is 14.8. The van der Waals surface area contributed by atoms with Gasteiger partial charge in [-0.1, -0.05) is 11.6 Å². The minimum Gasteiger partial charge on any atom is -0.480 e. The van der Waals surface area contributed by atoms with Gasteiger partial charge in [-0.2, -0.15) is 0 Å². The third-order valence-corrected chi connectivity index (χ3v) is 2.10. The largest absolute Gasteiger partial charge is 0.480 e. The molecule has 0 spiro atoms. The van der Waals surface area contributed by atoms with Crippen molar-refractivity contribution < 1.29 is 9.90 Å². The lowest BCUT2D eigenvalue weighted by molar-refractivity contribution is -0.140. The molecular formula is C11H21N3O2. The van der Waals surface area contributed by atoms with Crippen molar-refractivity contribution in [2.75, 3.05) is 6.54 Å². The van der Waals surface area contributed by atoms with Crippen molar-refractivity contribution in [2.45, 2.75) is 39.2 Å². The highest BCUT2D eigenvalue weighted by atomic mass is 16.4. The summed E-state index contributed by atoms with van der Waals surface area (Å²) in [6.07, 6.45) is 3.19. The minimum absolute atomic E-state index is 0.566. The molecule has 0 aromatic rings. The van der Waals surface area contributed by atoms with E-state index in [0.717, 1.165) is 18.4 Å². The van der Waals surface area contributed by atoms with Crippen LogP contribution in [0.25, 0.3) is 0 Å². The standard InChI is InChI=1S/C11H21N3O2/c1-8(5-4-6-14-9(2)12)7-11(3,13)10(15)16/h7H,4-6,13H2,1-3H3,(H2,12,14)(H,15,16). The molecule has 0 aliphatic heterocycles. The van der Waals surface area contributed by atoms with E-state index in [1.54, 1.807) is 13.0 Å². The summed E-state index contributed by atoms with van der Waals surface area (Å²) in [5.74, 6) is -0.460. The number of allylic oxidation sites excluding steroid dienone is 1. The van der Waals surface area contributed by atoms with E-state index in [9.17, 15) is 4.79 Å². The molecule has 5 nitrogen and oxygen atoms in total. The maximum Gasteiger partial charge on any atom is 0.327 e. The van der Waals surface area contributed by atoms with Crippen LogP contribution in [-0.4, -0.2) is 29.0 Å². The van der Waals surface area contributed by atoms with Crippen LogP contribution in [0.15, 0.2) is 16.6 Å². The Morgan fingerprint density at radius 1 is 1.50 bits per heavy atom. The second-order valence-corrected chi connectivity index (χ2v) is 4.21. The Morgan fingerprint density at radius 2 is 2.06 bits per heavy atom. The fourth-order valence-corrected chi connectivity index (χ4v) is 1.26. The van der Waals surface area contributed by atoms with Crippen LogP contribution in [0.4, 0.5) is 0 Å². The third kappa shape index (κ3) is 6.19. The maximum atomic E-state index is 10.8. The van der Waals surface area contributed by atoms with Gasteiger partial charge < -0.3 is 16.6 Å². The molecule has 0 amide bonds. The predicted octanol–water partition coefficient (Wildman–Crippen LogP) is 0.892. The first-order chi connectivity index (χ1) is 7.25. The normalized spacial score (nSPS) is 17.0. The molecule has 0 saturated heterocycles. The van der Waals surface area contributed by atoms with E-state index in [4.69, 9.17) is 16.6 Å². The quantitative estimate of drug-likeness (QED) is 0.271. The van der Waals surface area contributed by atoms with Gasteiger partial charge in [0.25, 0.3) is 0 Å². The first kappa shape index (κ1) is 14.6. The van der Waals surface area contributed by atoms with E-state index >= 15 is 0 Å². The van der Waals surface area contributed by atoms with Crippen LogP contribution < -0.4 is 11.5 Å². The zero-order chi connectivity index (χ0) is 12.8. The molecule has 92 valence electrons. The number of carbonyl (C=O) groups is 1. The van der Waals surface area contributed by atoms with Gasteiger partial charge in [-0.05, 0) is 33.6 Å². The molecular weight excluding hydrogens is 206 g/mol. The fourth-order valence-electron chi connectivity index (χ4n) is 1.26. The van der Waals surface area contributed by atoms with Gasteiger partial charge >= 0.3 is 5.97 Å². The molecule has 16 heavy (non-hydrogen) atoms. The summed E-state index contributed by atoms with van der Waals surface area (Å²) in [5.41, 5.74) is 10.6. The minimum atomic E-state index is -1.29. The Morgan fingerprint density at radius 3 is 2.50 bits per heavy atom. The second kappa shape index (κ2) is 6.27. The number of nitrogens with zero attached hydrogens (tertiary/aromatic N) is 1. The number of rotatable bonds is 6. The number of aliphatic carboxylic acids is 1. The van der Waals surface area contributed by atoms with E-state index in [2.05, 4.69) is 4.99 Å². The van der Waals surface area contributed by atoms with Crippen molar-refractivity contribution in [1.29, 1.82) is 0 Å². The highest BCUT2D eigenvalue weighted by Crippen LogP contribution is 2.11. The Balaban J connectivity index is 4.16. The highest BCUT2D eigenvalue weighted by Gasteiger charge is 2.24. The van der Waals surface area contributed by atoms with E-state index in [1.165, 1.54) is 6.92 Å². The van der Waals surface area contributed by atoms with Crippen molar-refractivity contribution >= 4 is 11.8 Å². The molecule has 0 aromatic heterocycles. The van der Waals surface area contributed by atoms with E-state index in [0.29, 0.717) is 12.4 Å². The molecule has 0 aliphatic rings. The van der Waals surface area contributed by atoms with Crippen LogP contribution in [0, 0.1) is 0 Å². The summed E-state index contributed by atoms with van der Waals surface area (Å²) >= 11 is 0. The molecule has 1 atom stereocenters. The number of hydrogen-bond donors (Lipinski definition) is 3. The first-order valence-electron chi connectivity index (χ1n) is 5.23. The molecule has 0 radical (unpaired) electrons. The smallest absolute Gasteiger partial charge is 0.327 e. The van der Waals surface area contributed by atoms with E-state index in [1.807, 2.05) is 6.92 Å². The Labute approximate surface area is 96.2 Å². The second-order valence-electron chi connectivity index (χ2n) is 4.21. The number of amidine groups is 1. The van der Waals surface area contributed by atoms with Crippen molar-refractivity contribution in [2.24, 2.45) is 16.5 Å². The Kier molecular flexibility index (Phi) is 5.74. The maximum absolute atomic E-state index is 10.8. The summed E-state index contributed by atoms with van der Waals surface area (Å²) in [5, 5.41) is 8.83. The number of aliphatic imine (C=N–C) groups is 1. The topological polar surface area (TPSA) is 102 Å². The Hall–Kier alpha value is -1.36. The van der Waals surface area contributed by atoms with Crippen LogP contribution in [0.3, 0.4) is 0 Å². The summed E-state index contributed by atoms with van der Waals surface area (Å²) in [6.45, 7) is 5.74. The van der Waals surface area contributed by atoms with Crippen molar-refractivity contribution in [1.82, 2.24) is 0 Å². The monoisotopic (exact) mass is 227 g/mol. The van der Waals surface area contributed by atoms with E-state index < -0.39 is 11.5 Å². The molecule has 0 aromatic carbocycles. The lowest BCUT2D eigenvalue weighted by atomic mass is 9.99.